The molecule has 228 valence electrons. The molecule has 0 saturated carbocycles. The zero-order valence-corrected chi connectivity index (χ0v) is 23.7. The monoisotopic (exact) mass is 598 g/mol. The van der Waals surface area contributed by atoms with E-state index in [1.807, 2.05) is 33.0 Å². The molecule has 1 saturated heterocycles. The van der Waals surface area contributed by atoms with Gasteiger partial charge in [0.2, 0.25) is 0 Å². The van der Waals surface area contributed by atoms with E-state index >= 15 is 0 Å². The molecule has 0 spiro atoms. The molecule has 1 amide bonds. The van der Waals surface area contributed by atoms with Gasteiger partial charge in [-0.05, 0) is 70.7 Å². The molecule has 2 unspecified atom stereocenters. The van der Waals surface area contributed by atoms with Crippen LogP contribution in [0.25, 0.3) is 0 Å². The van der Waals surface area contributed by atoms with E-state index in [2.05, 4.69) is 5.32 Å². The van der Waals surface area contributed by atoms with E-state index in [-0.39, 0.29) is 6.42 Å². The fraction of sp³-hybridized carbons (Fsp3) is 0.500. The third-order valence-electron chi connectivity index (χ3n) is 7.88. The number of anilines is 1. The molecular formula is C28H32BF5N2O6. The number of hydrogen-bond donors (Lipinski definition) is 3. The number of rotatable bonds is 8. The summed E-state index contributed by atoms with van der Waals surface area (Å²) in [7, 11) is -0.728. The van der Waals surface area contributed by atoms with Gasteiger partial charge in [-0.3, -0.25) is 4.79 Å². The molecule has 0 aromatic heterocycles. The van der Waals surface area contributed by atoms with E-state index in [4.69, 9.17) is 14.0 Å². The summed E-state index contributed by atoms with van der Waals surface area (Å²) < 4.78 is 86.1. The van der Waals surface area contributed by atoms with Gasteiger partial charge in [-0.2, -0.15) is 13.2 Å². The largest absolute Gasteiger partial charge is 0.498 e. The molecule has 42 heavy (non-hydrogen) atoms. The van der Waals surface area contributed by atoms with Crippen molar-refractivity contribution < 1.29 is 50.7 Å². The van der Waals surface area contributed by atoms with Gasteiger partial charge in [0.05, 0.1) is 17.8 Å². The quantitative estimate of drug-likeness (QED) is 0.306. The lowest BCUT2D eigenvalue weighted by atomic mass is 9.75. The summed E-state index contributed by atoms with van der Waals surface area (Å²) in [6.45, 7) is 8.83. The average molecular weight is 598 g/mol. The van der Waals surface area contributed by atoms with Crippen molar-refractivity contribution in [2.24, 2.45) is 0 Å². The lowest BCUT2D eigenvalue weighted by Crippen LogP contribution is -2.43. The Morgan fingerprint density at radius 1 is 1.07 bits per heavy atom. The second-order valence-corrected chi connectivity index (χ2v) is 11.5. The van der Waals surface area contributed by atoms with E-state index in [1.54, 1.807) is 12.1 Å². The van der Waals surface area contributed by atoms with Crippen LogP contribution in [0.5, 0.6) is 5.75 Å². The summed E-state index contributed by atoms with van der Waals surface area (Å²) in [5, 5.41) is 13.9. The zero-order chi connectivity index (χ0) is 31.2. The Bertz CT molecular complexity index is 1340. The number of aliphatic carboxylic acids is 1. The number of ether oxygens (including phenoxy) is 1. The number of carboxylic acids is 1. The van der Waals surface area contributed by atoms with Crippen LogP contribution >= 0.6 is 0 Å². The van der Waals surface area contributed by atoms with Crippen LogP contribution in [0.1, 0.15) is 62.5 Å². The Kier molecular flexibility index (Phi) is 8.54. The maximum absolute atomic E-state index is 14.7. The standard InChI is InChI=1S/C28H32BF5N2O6/c1-14(28(32,33)34)35-16-12-19(30)22(20(31)13-16)24(37)36-21(25(38)39)11-15-8-9-18(23-17(15)7-6-10-40-23)29-41-26(2,3)27(4,5)42-29/h8-9,12-14,21,35H,6-7,10-11H2,1-5H3,(H,36,37)(H,38,39). The minimum atomic E-state index is -4.68. The van der Waals surface area contributed by atoms with Crippen LogP contribution in [-0.4, -0.2) is 60.2 Å². The highest BCUT2D eigenvalue weighted by Crippen LogP contribution is 2.38. The van der Waals surface area contributed by atoms with Crippen LogP contribution in [0.15, 0.2) is 24.3 Å². The minimum absolute atomic E-state index is 0.234. The molecule has 14 heteroatoms. The number of carboxylic acid groups (broad SMARTS) is 1. The maximum atomic E-state index is 14.7. The highest BCUT2D eigenvalue weighted by Gasteiger charge is 2.53. The lowest BCUT2D eigenvalue weighted by molar-refractivity contribution is -0.139. The van der Waals surface area contributed by atoms with Crippen LogP contribution in [-0.2, 0) is 26.9 Å². The number of carbonyl (C=O) groups is 2. The molecule has 0 aliphatic carbocycles. The highest BCUT2D eigenvalue weighted by atomic mass is 19.4. The molecule has 2 aliphatic rings. The van der Waals surface area contributed by atoms with Crippen LogP contribution in [0, 0.1) is 11.6 Å². The van der Waals surface area contributed by atoms with E-state index in [0.29, 0.717) is 53.9 Å². The number of carbonyl (C=O) groups excluding carboxylic acids is 1. The van der Waals surface area contributed by atoms with Gasteiger partial charge in [-0.15, -0.1) is 0 Å². The first-order valence-corrected chi connectivity index (χ1v) is 13.4. The first kappa shape index (κ1) is 31.5. The van der Waals surface area contributed by atoms with Gasteiger partial charge in [0.1, 0.15) is 35.0 Å². The molecule has 2 aliphatic heterocycles. The predicted molar refractivity (Wildman–Crippen MR) is 144 cm³/mol. The van der Waals surface area contributed by atoms with Crippen molar-refractivity contribution in [3.05, 3.63) is 52.6 Å². The van der Waals surface area contributed by atoms with Gasteiger partial charge in [0.15, 0.2) is 0 Å². The van der Waals surface area contributed by atoms with Gasteiger partial charge in [-0.1, -0.05) is 12.1 Å². The number of hydrogen-bond acceptors (Lipinski definition) is 6. The number of fused-ring (bicyclic) bond motifs is 1. The summed E-state index contributed by atoms with van der Waals surface area (Å²) >= 11 is 0. The molecule has 2 heterocycles. The van der Waals surface area contributed by atoms with Crippen molar-refractivity contribution in [1.82, 2.24) is 5.32 Å². The lowest BCUT2D eigenvalue weighted by Gasteiger charge is -2.32. The smallest absolute Gasteiger partial charge is 0.494 e. The van der Waals surface area contributed by atoms with Crippen LogP contribution in [0.4, 0.5) is 27.6 Å². The van der Waals surface area contributed by atoms with Crippen LogP contribution in [0.2, 0.25) is 0 Å². The van der Waals surface area contributed by atoms with Gasteiger partial charge in [0, 0.05) is 17.6 Å². The summed E-state index contributed by atoms with van der Waals surface area (Å²) in [6, 6.07) is 0.761. The normalized spacial score (nSPS) is 19.0. The predicted octanol–water partition coefficient (Wildman–Crippen LogP) is 4.38. The minimum Gasteiger partial charge on any atom is -0.494 e. The Morgan fingerprint density at radius 3 is 2.21 bits per heavy atom. The van der Waals surface area contributed by atoms with E-state index < -0.39 is 71.3 Å². The molecule has 3 N–H and O–H groups in total. The molecule has 4 rings (SSSR count). The Hall–Kier alpha value is -3.39. The van der Waals surface area contributed by atoms with Crippen molar-refractivity contribution in [3.63, 3.8) is 0 Å². The highest BCUT2D eigenvalue weighted by molar-refractivity contribution is 6.63. The number of nitrogens with one attached hydrogen (secondary N) is 2. The van der Waals surface area contributed by atoms with Gasteiger partial charge < -0.3 is 29.8 Å². The van der Waals surface area contributed by atoms with Crippen molar-refractivity contribution in [1.29, 1.82) is 0 Å². The number of alkyl halides is 3. The van der Waals surface area contributed by atoms with Crippen LogP contribution in [0.3, 0.4) is 0 Å². The summed E-state index contributed by atoms with van der Waals surface area (Å²) in [5.41, 5.74) is -0.971. The van der Waals surface area contributed by atoms with Crippen molar-refractivity contribution in [3.8, 4) is 5.75 Å². The number of benzene rings is 2. The fourth-order valence-corrected chi connectivity index (χ4v) is 4.76. The van der Waals surface area contributed by atoms with Crippen molar-refractivity contribution in [2.75, 3.05) is 11.9 Å². The SMILES string of the molecule is CC(Nc1cc(F)c(C(=O)NC(Cc2ccc(B3OC(C)(C)C(C)(C)O3)c3c2CCCO3)C(=O)O)c(F)c1)C(F)(F)F. The molecule has 0 radical (unpaired) electrons. The first-order valence-electron chi connectivity index (χ1n) is 13.4. The molecule has 2 aromatic rings. The van der Waals surface area contributed by atoms with Gasteiger partial charge in [0.25, 0.3) is 5.91 Å². The Morgan fingerprint density at radius 2 is 1.67 bits per heavy atom. The third kappa shape index (κ3) is 6.34. The van der Waals surface area contributed by atoms with E-state index in [0.717, 1.165) is 6.92 Å². The zero-order valence-electron chi connectivity index (χ0n) is 23.7. The van der Waals surface area contributed by atoms with Gasteiger partial charge in [-0.25, -0.2) is 13.6 Å². The number of halogens is 5. The molecule has 0 bridgehead atoms. The van der Waals surface area contributed by atoms with Crippen molar-refractivity contribution in [2.45, 2.75) is 83.3 Å². The molecule has 8 nitrogen and oxygen atoms in total. The first-order chi connectivity index (χ1) is 19.4. The Balaban J connectivity index is 1.57. The number of amides is 1. The maximum Gasteiger partial charge on any atom is 0.498 e. The Labute approximate surface area is 240 Å². The van der Waals surface area contributed by atoms with Crippen LogP contribution < -0.4 is 20.8 Å². The molecular weight excluding hydrogens is 566 g/mol. The molecule has 2 atom stereocenters. The summed E-state index contributed by atoms with van der Waals surface area (Å²) in [5.74, 6) is -5.23. The second kappa shape index (κ2) is 11.4. The van der Waals surface area contributed by atoms with E-state index in [1.165, 1.54) is 0 Å². The summed E-state index contributed by atoms with van der Waals surface area (Å²) in [4.78, 5) is 24.9. The third-order valence-corrected chi connectivity index (χ3v) is 7.88. The van der Waals surface area contributed by atoms with Gasteiger partial charge >= 0.3 is 19.3 Å². The van der Waals surface area contributed by atoms with E-state index in [9.17, 15) is 36.6 Å². The van der Waals surface area contributed by atoms with Crippen molar-refractivity contribution >= 4 is 30.1 Å². The second-order valence-electron chi connectivity index (χ2n) is 11.5. The molecule has 2 aromatic carbocycles. The topological polar surface area (TPSA) is 106 Å². The summed E-state index contributed by atoms with van der Waals surface area (Å²) in [6.07, 6.45) is -3.71. The average Bonchev–Trinajstić information content (AvgIpc) is 3.08. The molecule has 1 fully saturated rings. The fourth-order valence-electron chi connectivity index (χ4n) is 4.76.